The van der Waals surface area contributed by atoms with Crippen molar-refractivity contribution in [2.75, 3.05) is 6.54 Å². The second-order valence-electron chi connectivity index (χ2n) is 3.95. The van der Waals surface area contributed by atoms with Gasteiger partial charge >= 0.3 is 0 Å². The Hall–Kier alpha value is -0.860. The van der Waals surface area contributed by atoms with E-state index in [9.17, 15) is 0 Å². The summed E-state index contributed by atoms with van der Waals surface area (Å²) in [6, 6.07) is 7.79. The fraction of sp³-hybridized carbons (Fsp3) is 0.231. The lowest BCUT2D eigenvalue weighted by molar-refractivity contribution is 0.856. The van der Waals surface area contributed by atoms with Crippen molar-refractivity contribution in [1.82, 2.24) is 10.3 Å². The number of thiophene rings is 1. The van der Waals surface area contributed by atoms with E-state index in [1.54, 1.807) is 23.6 Å². The number of hydrogen-bond acceptors (Lipinski definition) is 3. The zero-order chi connectivity index (χ0) is 13.5. The highest BCUT2D eigenvalue weighted by molar-refractivity contribution is 14.0. The first kappa shape index (κ1) is 17.2. The Morgan fingerprint density at radius 1 is 1.40 bits per heavy atom. The molecule has 0 aromatic carbocycles. The van der Waals surface area contributed by atoms with Gasteiger partial charge in [-0.05, 0) is 29.5 Å². The van der Waals surface area contributed by atoms with E-state index in [0.717, 1.165) is 18.5 Å². The first-order valence-corrected chi connectivity index (χ1v) is 7.16. The zero-order valence-electron chi connectivity index (χ0n) is 10.8. The van der Waals surface area contributed by atoms with Crippen molar-refractivity contribution in [3.05, 3.63) is 51.4 Å². The molecule has 3 N–H and O–H groups in total. The van der Waals surface area contributed by atoms with Gasteiger partial charge < -0.3 is 11.1 Å². The van der Waals surface area contributed by atoms with E-state index >= 15 is 0 Å². The van der Waals surface area contributed by atoms with Crippen molar-refractivity contribution in [3.63, 3.8) is 0 Å². The Morgan fingerprint density at radius 2 is 2.25 bits per heavy atom. The summed E-state index contributed by atoms with van der Waals surface area (Å²) in [6.45, 7) is 1.29. The molecule has 2 rings (SSSR count). The van der Waals surface area contributed by atoms with Crippen molar-refractivity contribution >= 4 is 52.9 Å². The highest BCUT2D eigenvalue weighted by atomic mass is 127. The van der Waals surface area contributed by atoms with Crippen LogP contribution in [0.3, 0.4) is 0 Å². The SMILES string of the molecule is I.NC(=NCc1ccc(Cl)nc1)NCCc1cccs1. The highest BCUT2D eigenvalue weighted by Gasteiger charge is 1.96. The molecule has 2 aromatic rings. The van der Waals surface area contributed by atoms with E-state index in [1.165, 1.54) is 4.88 Å². The Balaban J connectivity index is 0.00000200. The quantitative estimate of drug-likeness (QED) is 0.337. The fourth-order valence-corrected chi connectivity index (χ4v) is 2.32. The molecule has 0 amide bonds. The topological polar surface area (TPSA) is 63.3 Å². The molecule has 0 spiro atoms. The van der Waals surface area contributed by atoms with Gasteiger partial charge in [0.1, 0.15) is 5.15 Å². The van der Waals surface area contributed by atoms with Gasteiger partial charge in [-0.2, -0.15) is 0 Å². The summed E-state index contributed by atoms with van der Waals surface area (Å²) in [4.78, 5) is 9.57. The first-order valence-electron chi connectivity index (χ1n) is 5.90. The van der Waals surface area contributed by atoms with E-state index in [4.69, 9.17) is 17.3 Å². The first-order chi connectivity index (χ1) is 9.24. The maximum atomic E-state index is 5.79. The summed E-state index contributed by atoms with van der Waals surface area (Å²) >= 11 is 7.45. The standard InChI is InChI=1S/C13H15ClN4S.HI/c14-12-4-3-10(8-17-12)9-18-13(15)16-6-5-11-2-1-7-19-11;/h1-4,7-8H,5-6,9H2,(H3,15,16,18);1H. The van der Waals surface area contributed by atoms with Crippen molar-refractivity contribution in [3.8, 4) is 0 Å². The molecule has 0 aliphatic heterocycles. The summed E-state index contributed by atoms with van der Waals surface area (Å²) in [5.41, 5.74) is 6.77. The van der Waals surface area contributed by atoms with Crippen LogP contribution in [0.15, 0.2) is 40.8 Å². The zero-order valence-corrected chi connectivity index (χ0v) is 14.7. The van der Waals surface area contributed by atoms with Gasteiger partial charge in [-0.25, -0.2) is 9.98 Å². The molecule has 0 atom stereocenters. The smallest absolute Gasteiger partial charge is 0.188 e. The van der Waals surface area contributed by atoms with Crippen molar-refractivity contribution in [2.45, 2.75) is 13.0 Å². The Kier molecular flexibility index (Phi) is 7.86. The molecule has 0 saturated carbocycles. The van der Waals surface area contributed by atoms with E-state index in [-0.39, 0.29) is 24.0 Å². The maximum Gasteiger partial charge on any atom is 0.188 e. The van der Waals surface area contributed by atoms with Crippen LogP contribution < -0.4 is 11.1 Å². The summed E-state index contributed by atoms with van der Waals surface area (Å²) in [7, 11) is 0. The normalized spacial score (nSPS) is 10.9. The number of nitrogens with one attached hydrogen (secondary N) is 1. The van der Waals surface area contributed by atoms with E-state index in [0.29, 0.717) is 17.7 Å². The summed E-state index contributed by atoms with van der Waals surface area (Å²) in [6.07, 6.45) is 2.65. The van der Waals surface area contributed by atoms with Crippen molar-refractivity contribution < 1.29 is 0 Å². The summed E-state index contributed by atoms with van der Waals surface area (Å²) in [5, 5.41) is 5.64. The predicted octanol–water partition coefficient (Wildman–Crippen LogP) is 3.06. The van der Waals surface area contributed by atoms with Gasteiger partial charge in [0, 0.05) is 17.6 Å². The lowest BCUT2D eigenvalue weighted by Crippen LogP contribution is -2.33. The number of pyridine rings is 1. The number of guanidine groups is 1. The fourth-order valence-electron chi connectivity index (χ4n) is 1.50. The Bertz CT molecular complexity index is 528. The van der Waals surface area contributed by atoms with Crippen LogP contribution in [-0.4, -0.2) is 17.5 Å². The molecule has 0 saturated heterocycles. The minimum atomic E-state index is 0. The average Bonchev–Trinajstić information content (AvgIpc) is 2.91. The number of nitrogens with two attached hydrogens (primary N) is 1. The average molecular weight is 423 g/mol. The monoisotopic (exact) mass is 422 g/mol. The minimum Gasteiger partial charge on any atom is -0.370 e. The lowest BCUT2D eigenvalue weighted by atomic mass is 10.3. The van der Waals surface area contributed by atoms with E-state index in [2.05, 4.69) is 26.7 Å². The van der Waals surface area contributed by atoms with Crippen LogP contribution in [0.25, 0.3) is 0 Å². The number of aromatic nitrogens is 1. The van der Waals surface area contributed by atoms with Crippen LogP contribution >= 0.6 is 46.9 Å². The van der Waals surface area contributed by atoms with E-state index < -0.39 is 0 Å². The van der Waals surface area contributed by atoms with Crippen molar-refractivity contribution in [2.24, 2.45) is 10.7 Å². The molecule has 20 heavy (non-hydrogen) atoms. The van der Waals surface area contributed by atoms with Gasteiger partial charge in [0.25, 0.3) is 0 Å². The molecule has 2 heterocycles. The molecular formula is C13H16ClIN4S. The van der Waals surface area contributed by atoms with E-state index in [1.807, 2.05) is 12.1 Å². The third-order valence-corrected chi connectivity index (χ3v) is 3.64. The Labute approximate surface area is 144 Å². The van der Waals surface area contributed by atoms with Gasteiger partial charge in [-0.15, -0.1) is 35.3 Å². The molecule has 0 unspecified atom stereocenters. The molecule has 0 aliphatic rings. The molecule has 0 radical (unpaired) electrons. The van der Waals surface area contributed by atoms with Crippen LogP contribution in [0.2, 0.25) is 5.15 Å². The molecule has 108 valence electrons. The van der Waals surface area contributed by atoms with Crippen LogP contribution in [0.5, 0.6) is 0 Å². The van der Waals surface area contributed by atoms with Crippen molar-refractivity contribution in [1.29, 1.82) is 0 Å². The second kappa shape index (κ2) is 9.15. The molecule has 0 aliphatic carbocycles. The number of hydrogen-bond donors (Lipinski definition) is 2. The van der Waals surface area contributed by atoms with Crippen LogP contribution in [-0.2, 0) is 13.0 Å². The van der Waals surface area contributed by atoms with Gasteiger partial charge in [0.2, 0.25) is 0 Å². The van der Waals surface area contributed by atoms with Gasteiger partial charge in [0.15, 0.2) is 5.96 Å². The molecular weight excluding hydrogens is 407 g/mol. The van der Waals surface area contributed by atoms with Crippen LogP contribution in [0.1, 0.15) is 10.4 Å². The lowest BCUT2D eigenvalue weighted by Gasteiger charge is -2.04. The summed E-state index contributed by atoms with van der Waals surface area (Å²) in [5.74, 6) is 0.450. The molecule has 4 nitrogen and oxygen atoms in total. The maximum absolute atomic E-state index is 5.79. The number of aliphatic imine (C=N–C) groups is 1. The van der Waals surface area contributed by atoms with Gasteiger partial charge in [-0.3, -0.25) is 0 Å². The third-order valence-electron chi connectivity index (χ3n) is 2.48. The Morgan fingerprint density at radius 3 is 2.90 bits per heavy atom. The number of nitrogens with zero attached hydrogens (tertiary/aromatic N) is 2. The summed E-state index contributed by atoms with van der Waals surface area (Å²) < 4.78 is 0. The second-order valence-corrected chi connectivity index (χ2v) is 5.37. The van der Waals surface area contributed by atoms with Crippen LogP contribution in [0, 0.1) is 0 Å². The van der Waals surface area contributed by atoms with Gasteiger partial charge in [-0.1, -0.05) is 23.7 Å². The molecule has 2 aromatic heterocycles. The van der Waals surface area contributed by atoms with Crippen LogP contribution in [0.4, 0.5) is 0 Å². The molecule has 0 fully saturated rings. The minimum absolute atomic E-state index is 0. The molecule has 7 heteroatoms. The third kappa shape index (κ3) is 6.06. The predicted molar refractivity (Wildman–Crippen MR) is 96.0 cm³/mol. The van der Waals surface area contributed by atoms with Gasteiger partial charge in [0.05, 0.1) is 6.54 Å². The molecule has 0 bridgehead atoms. The number of rotatable bonds is 5. The number of halogens is 2. The largest absolute Gasteiger partial charge is 0.370 e. The highest BCUT2D eigenvalue weighted by Crippen LogP contribution is 2.08.